The number of pyridine rings is 1. The van der Waals surface area contributed by atoms with Gasteiger partial charge in [0.2, 0.25) is 0 Å². The second-order valence-electron chi connectivity index (χ2n) is 3.70. The van der Waals surface area contributed by atoms with Crippen molar-refractivity contribution < 1.29 is 0 Å². The Balaban J connectivity index is 2.48. The molecule has 0 unspecified atom stereocenters. The van der Waals surface area contributed by atoms with Gasteiger partial charge >= 0.3 is 0 Å². The highest BCUT2D eigenvalue weighted by Crippen LogP contribution is 2.24. The number of H-pyrrole nitrogens is 1. The van der Waals surface area contributed by atoms with Crippen molar-refractivity contribution >= 4 is 22.5 Å². The third kappa shape index (κ3) is 1.28. The van der Waals surface area contributed by atoms with Crippen LogP contribution in [-0.4, -0.2) is 4.98 Å². The topological polar surface area (TPSA) is 44.9 Å². The molecule has 0 amide bonds. The normalized spacial score (nSPS) is 14.5. The maximum atomic E-state index is 11.7. The van der Waals surface area contributed by atoms with Crippen LogP contribution >= 0.6 is 11.6 Å². The minimum atomic E-state index is -0.00948. The van der Waals surface area contributed by atoms with E-state index >= 15 is 0 Å². The molecule has 0 aliphatic carbocycles. The third-order valence-electron chi connectivity index (χ3n) is 2.80. The highest BCUT2D eigenvalue weighted by molar-refractivity contribution is 6.31. The Bertz CT molecular complexity index is 603. The standard InChI is InChI=1S/C11H9ClN2O/c12-6-1-2-7-8-4-13-5-9(8)11(15)14-10(7)3-6/h1-3,13H,4-5H2,(H,14,15). The molecule has 0 atom stereocenters. The number of hydrogen-bond donors (Lipinski definition) is 2. The molecule has 3 rings (SSSR count). The van der Waals surface area contributed by atoms with Gasteiger partial charge in [-0.3, -0.25) is 4.79 Å². The largest absolute Gasteiger partial charge is 0.322 e. The van der Waals surface area contributed by atoms with Gasteiger partial charge < -0.3 is 10.3 Å². The molecule has 76 valence electrons. The van der Waals surface area contributed by atoms with Crippen molar-refractivity contribution in [3.05, 3.63) is 44.7 Å². The monoisotopic (exact) mass is 220 g/mol. The van der Waals surface area contributed by atoms with Gasteiger partial charge in [-0.25, -0.2) is 0 Å². The van der Waals surface area contributed by atoms with Gasteiger partial charge in [-0.15, -0.1) is 0 Å². The van der Waals surface area contributed by atoms with Gasteiger partial charge in [-0.2, -0.15) is 0 Å². The zero-order chi connectivity index (χ0) is 10.4. The number of aromatic amines is 1. The lowest BCUT2D eigenvalue weighted by atomic mass is 10.1. The van der Waals surface area contributed by atoms with E-state index in [2.05, 4.69) is 10.3 Å². The number of rotatable bonds is 0. The van der Waals surface area contributed by atoms with E-state index in [0.29, 0.717) is 11.6 Å². The van der Waals surface area contributed by atoms with Gasteiger partial charge in [-0.1, -0.05) is 17.7 Å². The average molecular weight is 221 g/mol. The van der Waals surface area contributed by atoms with E-state index in [4.69, 9.17) is 11.6 Å². The van der Waals surface area contributed by atoms with Crippen LogP contribution in [0, 0.1) is 0 Å². The van der Waals surface area contributed by atoms with Gasteiger partial charge in [0.05, 0.1) is 5.52 Å². The minimum absolute atomic E-state index is 0.00948. The van der Waals surface area contributed by atoms with Crippen molar-refractivity contribution in [2.24, 2.45) is 0 Å². The van der Waals surface area contributed by atoms with Gasteiger partial charge in [0, 0.05) is 29.1 Å². The predicted octanol–water partition coefficient (Wildman–Crippen LogP) is 1.78. The SMILES string of the molecule is O=c1[nH]c2cc(Cl)ccc2c2c1CNC2. The van der Waals surface area contributed by atoms with Gasteiger partial charge in [0.25, 0.3) is 5.56 Å². The third-order valence-corrected chi connectivity index (χ3v) is 3.03. The van der Waals surface area contributed by atoms with Crippen molar-refractivity contribution in [3.8, 4) is 0 Å². The number of fused-ring (bicyclic) bond motifs is 3. The number of aromatic nitrogens is 1. The number of halogens is 1. The molecule has 2 heterocycles. The lowest BCUT2D eigenvalue weighted by molar-refractivity contribution is 0.763. The maximum absolute atomic E-state index is 11.7. The zero-order valence-corrected chi connectivity index (χ0v) is 8.69. The highest BCUT2D eigenvalue weighted by atomic mass is 35.5. The summed E-state index contributed by atoms with van der Waals surface area (Å²) in [5.41, 5.74) is 2.76. The van der Waals surface area contributed by atoms with Crippen molar-refractivity contribution in [1.82, 2.24) is 10.3 Å². The van der Waals surface area contributed by atoms with Crippen molar-refractivity contribution in [1.29, 1.82) is 0 Å². The molecule has 1 aliphatic rings. The smallest absolute Gasteiger partial charge is 0.253 e. The maximum Gasteiger partial charge on any atom is 0.253 e. The summed E-state index contributed by atoms with van der Waals surface area (Å²) in [5, 5.41) is 4.91. The molecule has 1 aromatic carbocycles. The fourth-order valence-electron chi connectivity index (χ4n) is 2.08. The molecule has 15 heavy (non-hydrogen) atoms. The molecule has 0 radical (unpaired) electrons. The summed E-state index contributed by atoms with van der Waals surface area (Å²) in [7, 11) is 0. The first-order chi connectivity index (χ1) is 7.25. The van der Waals surface area contributed by atoms with Crippen LogP contribution in [0.1, 0.15) is 11.1 Å². The van der Waals surface area contributed by atoms with Crippen molar-refractivity contribution in [3.63, 3.8) is 0 Å². The first-order valence-corrected chi connectivity index (χ1v) is 5.17. The molecule has 1 aliphatic heterocycles. The quantitative estimate of drug-likeness (QED) is 0.711. The van der Waals surface area contributed by atoms with Crippen LogP contribution < -0.4 is 10.9 Å². The van der Waals surface area contributed by atoms with E-state index in [0.717, 1.165) is 28.6 Å². The van der Waals surface area contributed by atoms with Crippen LogP contribution in [0.3, 0.4) is 0 Å². The van der Waals surface area contributed by atoms with Crippen LogP contribution in [0.15, 0.2) is 23.0 Å². The molecule has 0 bridgehead atoms. The Kier molecular flexibility index (Phi) is 1.84. The number of hydrogen-bond acceptors (Lipinski definition) is 2. The van der Waals surface area contributed by atoms with E-state index in [9.17, 15) is 4.79 Å². The van der Waals surface area contributed by atoms with E-state index in [1.807, 2.05) is 12.1 Å². The predicted molar refractivity (Wildman–Crippen MR) is 60.1 cm³/mol. The first kappa shape index (κ1) is 8.95. The molecule has 0 saturated heterocycles. The van der Waals surface area contributed by atoms with Crippen LogP contribution in [-0.2, 0) is 13.1 Å². The minimum Gasteiger partial charge on any atom is -0.322 e. The number of benzene rings is 1. The fourth-order valence-corrected chi connectivity index (χ4v) is 2.25. The first-order valence-electron chi connectivity index (χ1n) is 4.80. The van der Waals surface area contributed by atoms with Crippen molar-refractivity contribution in [2.75, 3.05) is 0 Å². The summed E-state index contributed by atoms with van der Waals surface area (Å²) in [6.45, 7) is 1.42. The van der Waals surface area contributed by atoms with Crippen LogP contribution in [0.25, 0.3) is 10.9 Å². The Morgan fingerprint density at radius 1 is 1.20 bits per heavy atom. The molecule has 0 fully saturated rings. The van der Waals surface area contributed by atoms with Crippen LogP contribution in [0.2, 0.25) is 5.02 Å². The second-order valence-corrected chi connectivity index (χ2v) is 4.14. The fraction of sp³-hybridized carbons (Fsp3) is 0.182. The highest BCUT2D eigenvalue weighted by Gasteiger charge is 2.16. The number of nitrogens with one attached hydrogen (secondary N) is 2. The molecule has 1 aromatic heterocycles. The molecular weight excluding hydrogens is 212 g/mol. The van der Waals surface area contributed by atoms with E-state index in [1.54, 1.807) is 6.07 Å². The molecular formula is C11H9ClN2O. The molecule has 2 N–H and O–H groups in total. The van der Waals surface area contributed by atoms with Crippen molar-refractivity contribution in [2.45, 2.75) is 13.1 Å². The van der Waals surface area contributed by atoms with Gasteiger partial charge in [-0.05, 0) is 17.7 Å². The zero-order valence-electron chi connectivity index (χ0n) is 7.93. The van der Waals surface area contributed by atoms with Crippen LogP contribution in [0.4, 0.5) is 0 Å². The molecule has 2 aromatic rings. The Morgan fingerprint density at radius 3 is 2.87 bits per heavy atom. The molecule has 0 saturated carbocycles. The lowest BCUT2D eigenvalue weighted by Gasteiger charge is -2.04. The average Bonchev–Trinajstić information content (AvgIpc) is 2.66. The summed E-state index contributed by atoms with van der Waals surface area (Å²) < 4.78 is 0. The van der Waals surface area contributed by atoms with Gasteiger partial charge in [0.15, 0.2) is 0 Å². The summed E-state index contributed by atoms with van der Waals surface area (Å²) in [6.07, 6.45) is 0. The molecule has 0 spiro atoms. The second kappa shape index (κ2) is 3.08. The molecule has 4 heteroatoms. The summed E-state index contributed by atoms with van der Waals surface area (Å²) in [5.74, 6) is 0. The summed E-state index contributed by atoms with van der Waals surface area (Å²) in [4.78, 5) is 14.5. The lowest BCUT2D eigenvalue weighted by Crippen LogP contribution is -2.13. The summed E-state index contributed by atoms with van der Waals surface area (Å²) in [6, 6.07) is 5.59. The van der Waals surface area contributed by atoms with Crippen LogP contribution in [0.5, 0.6) is 0 Å². The Labute approximate surface area is 91.1 Å². The summed E-state index contributed by atoms with van der Waals surface area (Å²) >= 11 is 5.88. The van der Waals surface area contributed by atoms with E-state index in [-0.39, 0.29) is 5.56 Å². The Hall–Kier alpha value is -1.32. The molecule has 3 nitrogen and oxygen atoms in total. The van der Waals surface area contributed by atoms with E-state index < -0.39 is 0 Å². The Morgan fingerprint density at radius 2 is 2.00 bits per heavy atom. The van der Waals surface area contributed by atoms with Gasteiger partial charge in [0.1, 0.15) is 0 Å². The van der Waals surface area contributed by atoms with E-state index in [1.165, 1.54) is 0 Å².